The van der Waals surface area contributed by atoms with E-state index < -0.39 is 0 Å². The van der Waals surface area contributed by atoms with E-state index in [0.717, 1.165) is 17.7 Å². The highest BCUT2D eigenvalue weighted by atomic mass is 35.5. The molecule has 0 aliphatic rings. The normalized spacial score (nSPS) is 10.3. The van der Waals surface area contributed by atoms with Crippen molar-refractivity contribution >= 4 is 40.5 Å². The quantitative estimate of drug-likeness (QED) is 0.596. The van der Waals surface area contributed by atoms with Crippen LogP contribution < -0.4 is 16.6 Å². The van der Waals surface area contributed by atoms with Crippen molar-refractivity contribution < 1.29 is 0 Å². The molecule has 0 saturated carbocycles. The van der Waals surface area contributed by atoms with Gasteiger partial charge in [0.05, 0.1) is 10.0 Å². The molecule has 0 aliphatic carbocycles. The zero-order valence-corrected chi connectivity index (χ0v) is 11.8. The first-order chi connectivity index (χ1) is 9.15. The second-order valence-corrected chi connectivity index (χ2v) is 4.62. The first kappa shape index (κ1) is 13.9. The molecule has 0 unspecified atom stereocenters. The van der Waals surface area contributed by atoms with Gasteiger partial charge in [-0.3, -0.25) is 0 Å². The lowest BCUT2D eigenvalue weighted by atomic mass is 10.2. The molecule has 4 N–H and O–H groups in total. The molecule has 100 valence electrons. The molecule has 2 aromatic rings. The summed E-state index contributed by atoms with van der Waals surface area (Å²) in [7, 11) is 0. The number of rotatable bonds is 4. The summed E-state index contributed by atoms with van der Waals surface area (Å²) in [4.78, 5) is 8.28. The van der Waals surface area contributed by atoms with E-state index in [1.54, 1.807) is 12.1 Å². The van der Waals surface area contributed by atoms with Crippen molar-refractivity contribution in [1.82, 2.24) is 9.97 Å². The largest absolute Gasteiger partial charge is 0.340 e. The summed E-state index contributed by atoms with van der Waals surface area (Å²) in [6, 6.07) is 5.29. The van der Waals surface area contributed by atoms with Crippen molar-refractivity contribution in [1.29, 1.82) is 0 Å². The van der Waals surface area contributed by atoms with E-state index in [4.69, 9.17) is 29.0 Å². The van der Waals surface area contributed by atoms with E-state index in [1.165, 1.54) is 6.33 Å². The molecule has 1 aromatic heterocycles. The minimum Gasteiger partial charge on any atom is -0.340 e. The fourth-order valence-electron chi connectivity index (χ4n) is 1.69. The highest BCUT2D eigenvalue weighted by molar-refractivity contribution is 6.42. The topological polar surface area (TPSA) is 75.9 Å². The van der Waals surface area contributed by atoms with E-state index in [-0.39, 0.29) is 0 Å². The molecular weight excluding hydrogens is 285 g/mol. The van der Waals surface area contributed by atoms with Gasteiger partial charge < -0.3 is 10.7 Å². The van der Waals surface area contributed by atoms with Gasteiger partial charge in [-0.05, 0) is 24.6 Å². The molecule has 0 fully saturated rings. The van der Waals surface area contributed by atoms with Crippen LogP contribution in [0.3, 0.4) is 0 Å². The number of anilines is 3. The van der Waals surface area contributed by atoms with Gasteiger partial charge in [0.15, 0.2) is 0 Å². The molecule has 2 rings (SSSR count). The molecule has 7 heteroatoms. The van der Waals surface area contributed by atoms with Gasteiger partial charge in [0.2, 0.25) is 0 Å². The van der Waals surface area contributed by atoms with Crippen LogP contribution in [0.4, 0.5) is 17.3 Å². The molecule has 0 saturated heterocycles. The van der Waals surface area contributed by atoms with E-state index in [2.05, 4.69) is 20.7 Å². The molecule has 0 spiro atoms. The van der Waals surface area contributed by atoms with Crippen molar-refractivity contribution in [3.8, 4) is 0 Å². The van der Waals surface area contributed by atoms with E-state index in [0.29, 0.717) is 21.7 Å². The molecule has 0 amide bonds. The third-order valence-electron chi connectivity index (χ3n) is 2.62. The molecule has 0 radical (unpaired) electrons. The Morgan fingerprint density at radius 1 is 1.16 bits per heavy atom. The standard InChI is InChI=1S/C12H13Cl2N5/c1-2-8-11(16-6-17-12(8)19-15)18-7-3-4-9(13)10(14)5-7/h3-6H,2,15H2,1H3,(H2,16,17,18,19). The number of halogens is 2. The summed E-state index contributed by atoms with van der Waals surface area (Å²) in [5.74, 6) is 6.71. The van der Waals surface area contributed by atoms with Crippen LogP contribution in [0.25, 0.3) is 0 Å². The van der Waals surface area contributed by atoms with Crippen LogP contribution in [0.15, 0.2) is 24.5 Å². The molecule has 19 heavy (non-hydrogen) atoms. The predicted molar refractivity (Wildman–Crippen MR) is 79.0 cm³/mol. The Labute approximate surface area is 121 Å². The number of hydrogen-bond donors (Lipinski definition) is 3. The summed E-state index contributed by atoms with van der Waals surface area (Å²) < 4.78 is 0. The molecule has 1 heterocycles. The Kier molecular flexibility index (Phi) is 4.42. The lowest BCUT2D eigenvalue weighted by Gasteiger charge is -2.13. The van der Waals surface area contributed by atoms with E-state index in [1.807, 2.05) is 13.0 Å². The van der Waals surface area contributed by atoms with Crippen LogP contribution in [0.1, 0.15) is 12.5 Å². The minimum absolute atomic E-state index is 0.482. The summed E-state index contributed by atoms with van der Waals surface area (Å²) in [6.07, 6.45) is 2.18. The van der Waals surface area contributed by atoms with Crippen molar-refractivity contribution in [3.05, 3.63) is 40.1 Å². The van der Waals surface area contributed by atoms with Crippen molar-refractivity contribution in [2.24, 2.45) is 5.84 Å². The molecule has 1 aromatic carbocycles. The van der Waals surface area contributed by atoms with Gasteiger partial charge in [-0.15, -0.1) is 0 Å². The first-order valence-electron chi connectivity index (χ1n) is 5.68. The third-order valence-corrected chi connectivity index (χ3v) is 3.36. The van der Waals surface area contributed by atoms with Gasteiger partial charge in [-0.1, -0.05) is 30.1 Å². The highest BCUT2D eigenvalue weighted by Crippen LogP contribution is 2.28. The second kappa shape index (κ2) is 6.06. The summed E-state index contributed by atoms with van der Waals surface area (Å²) >= 11 is 11.9. The van der Waals surface area contributed by atoms with Crippen molar-refractivity contribution in [3.63, 3.8) is 0 Å². The minimum atomic E-state index is 0.482. The summed E-state index contributed by atoms with van der Waals surface area (Å²) in [5.41, 5.74) is 4.25. The maximum Gasteiger partial charge on any atom is 0.148 e. The van der Waals surface area contributed by atoms with Gasteiger partial charge in [0.1, 0.15) is 18.0 Å². The number of nitrogen functional groups attached to an aromatic ring is 1. The lowest BCUT2D eigenvalue weighted by Crippen LogP contribution is -2.13. The monoisotopic (exact) mass is 297 g/mol. The average Bonchev–Trinajstić information content (AvgIpc) is 2.42. The predicted octanol–water partition coefficient (Wildman–Crippen LogP) is 3.38. The third kappa shape index (κ3) is 3.07. The zero-order chi connectivity index (χ0) is 13.8. The van der Waals surface area contributed by atoms with E-state index >= 15 is 0 Å². The van der Waals surface area contributed by atoms with Crippen LogP contribution in [0.5, 0.6) is 0 Å². The number of hydrogen-bond acceptors (Lipinski definition) is 5. The Bertz CT molecular complexity index is 588. The zero-order valence-electron chi connectivity index (χ0n) is 10.2. The van der Waals surface area contributed by atoms with Crippen LogP contribution in [-0.2, 0) is 6.42 Å². The van der Waals surface area contributed by atoms with Gasteiger partial charge in [-0.25, -0.2) is 15.8 Å². The van der Waals surface area contributed by atoms with Gasteiger partial charge in [0, 0.05) is 11.3 Å². The molecule has 0 aliphatic heterocycles. The number of nitrogens with two attached hydrogens (primary N) is 1. The maximum absolute atomic E-state index is 5.98. The van der Waals surface area contributed by atoms with Crippen LogP contribution in [0.2, 0.25) is 10.0 Å². The highest BCUT2D eigenvalue weighted by Gasteiger charge is 2.09. The van der Waals surface area contributed by atoms with Gasteiger partial charge in [-0.2, -0.15) is 0 Å². The van der Waals surface area contributed by atoms with Gasteiger partial charge in [0.25, 0.3) is 0 Å². The number of aromatic nitrogens is 2. The van der Waals surface area contributed by atoms with Crippen molar-refractivity contribution in [2.75, 3.05) is 10.7 Å². The Morgan fingerprint density at radius 2 is 1.89 bits per heavy atom. The van der Waals surface area contributed by atoms with Gasteiger partial charge >= 0.3 is 0 Å². The molecule has 0 atom stereocenters. The molecule has 0 bridgehead atoms. The Morgan fingerprint density at radius 3 is 2.53 bits per heavy atom. The Hall–Kier alpha value is -1.56. The van der Waals surface area contributed by atoms with Crippen LogP contribution >= 0.6 is 23.2 Å². The number of hydrazine groups is 1. The summed E-state index contributed by atoms with van der Waals surface area (Å²) in [5, 5.41) is 4.17. The number of benzene rings is 1. The lowest BCUT2D eigenvalue weighted by molar-refractivity contribution is 1.04. The fraction of sp³-hybridized carbons (Fsp3) is 0.167. The molecule has 5 nitrogen and oxygen atoms in total. The fourth-order valence-corrected chi connectivity index (χ4v) is 1.99. The summed E-state index contributed by atoms with van der Waals surface area (Å²) in [6.45, 7) is 2.00. The maximum atomic E-state index is 5.98. The molecular formula is C12H13Cl2N5. The SMILES string of the molecule is CCc1c(NN)ncnc1Nc1ccc(Cl)c(Cl)c1. The second-order valence-electron chi connectivity index (χ2n) is 3.80. The Balaban J connectivity index is 2.35. The van der Waals surface area contributed by atoms with Crippen molar-refractivity contribution in [2.45, 2.75) is 13.3 Å². The first-order valence-corrected chi connectivity index (χ1v) is 6.43. The number of nitrogens with one attached hydrogen (secondary N) is 2. The number of nitrogens with zero attached hydrogens (tertiary/aromatic N) is 2. The van der Waals surface area contributed by atoms with E-state index in [9.17, 15) is 0 Å². The average molecular weight is 298 g/mol. The smallest absolute Gasteiger partial charge is 0.148 e. The van der Waals surface area contributed by atoms with Crippen LogP contribution in [-0.4, -0.2) is 9.97 Å². The van der Waals surface area contributed by atoms with Crippen LogP contribution in [0, 0.1) is 0 Å².